The van der Waals surface area contributed by atoms with Crippen molar-refractivity contribution in [1.82, 2.24) is 15.4 Å². The number of carbonyl (C=O) groups is 1. The second-order valence-corrected chi connectivity index (χ2v) is 6.77. The molecule has 0 aliphatic carbocycles. The summed E-state index contributed by atoms with van der Waals surface area (Å²) in [7, 11) is 0. The number of carbonyl (C=O) groups excluding carboxylic acids is 1. The van der Waals surface area contributed by atoms with Gasteiger partial charge in [-0.25, -0.2) is 10.4 Å². The first-order valence-electron chi connectivity index (χ1n) is 8.17. The topological polar surface area (TPSA) is 70.1 Å². The number of benzene rings is 2. The Hall–Kier alpha value is -3.25. The fourth-order valence-electron chi connectivity index (χ4n) is 2.66. The molecule has 0 atom stereocenters. The number of hydrogen-bond donors (Lipinski definition) is 2. The number of hydrazone groups is 1. The molecule has 0 aliphatic heterocycles. The summed E-state index contributed by atoms with van der Waals surface area (Å²) >= 11 is 1.56. The molecule has 1 amide bonds. The molecule has 2 heterocycles. The number of rotatable bonds is 5. The van der Waals surface area contributed by atoms with E-state index in [-0.39, 0.29) is 5.91 Å². The van der Waals surface area contributed by atoms with Crippen LogP contribution in [0.3, 0.4) is 0 Å². The summed E-state index contributed by atoms with van der Waals surface area (Å²) in [5.41, 5.74) is 5.96. The number of nitrogens with zero attached hydrogens (tertiary/aromatic N) is 2. The summed E-state index contributed by atoms with van der Waals surface area (Å²) in [5.74, 6) is 0.624. The molecular weight excluding hydrogens is 344 g/mol. The maximum absolute atomic E-state index is 12.3. The maximum atomic E-state index is 12.3. The van der Waals surface area contributed by atoms with Crippen molar-refractivity contribution in [2.24, 2.45) is 5.10 Å². The number of H-pyrrole nitrogens is 1. The fourth-order valence-corrected chi connectivity index (χ4v) is 3.25. The van der Waals surface area contributed by atoms with Gasteiger partial charge in [0.15, 0.2) is 0 Å². The molecular formula is C20H16N4OS. The van der Waals surface area contributed by atoms with Gasteiger partial charge in [0.25, 0.3) is 5.91 Å². The zero-order chi connectivity index (χ0) is 17.8. The lowest BCUT2D eigenvalue weighted by Gasteiger charge is -1.99. The third-order valence-corrected chi connectivity index (χ3v) is 4.72. The Labute approximate surface area is 154 Å². The average molecular weight is 360 g/mol. The van der Waals surface area contributed by atoms with E-state index in [1.807, 2.05) is 41.8 Å². The lowest BCUT2D eigenvalue weighted by atomic mass is 10.1. The second-order valence-electron chi connectivity index (χ2n) is 5.79. The lowest BCUT2D eigenvalue weighted by Crippen LogP contribution is -2.17. The van der Waals surface area contributed by atoms with E-state index < -0.39 is 0 Å². The summed E-state index contributed by atoms with van der Waals surface area (Å²) in [5, 5.41) is 5.95. The maximum Gasteiger partial charge on any atom is 0.271 e. The molecule has 0 bridgehead atoms. The van der Waals surface area contributed by atoms with E-state index >= 15 is 0 Å². The Balaban J connectivity index is 1.49. The lowest BCUT2D eigenvalue weighted by molar-refractivity contribution is 0.0955. The highest BCUT2D eigenvalue weighted by Gasteiger charge is 2.09. The summed E-state index contributed by atoms with van der Waals surface area (Å²) in [6.45, 7) is 0. The van der Waals surface area contributed by atoms with Crippen LogP contribution in [0.4, 0.5) is 0 Å². The molecule has 2 N–H and O–H groups in total. The van der Waals surface area contributed by atoms with Crippen molar-refractivity contribution in [3.8, 4) is 0 Å². The zero-order valence-corrected chi connectivity index (χ0v) is 14.7. The smallest absolute Gasteiger partial charge is 0.271 e. The monoisotopic (exact) mass is 360 g/mol. The molecule has 0 unspecified atom stereocenters. The number of amides is 1. The molecule has 0 aliphatic rings. The summed E-state index contributed by atoms with van der Waals surface area (Å²) in [6, 6.07) is 19.4. The highest BCUT2D eigenvalue weighted by molar-refractivity contribution is 7.11. The van der Waals surface area contributed by atoms with Crippen LogP contribution in [0.1, 0.15) is 26.6 Å². The van der Waals surface area contributed by atoms with E-state index in [1.54, 1.807) is 29.7 Å². The minimum Gasteiger partial charge on any atom is -0.342 e. The third kappa shape index (κ3) is 3.70. The van der Waals surface area contributed by atoms with Crippen LogP contribution in [0, 0.1) is 0 Å². The molecule has 0 saturated heterocycles. The van der Waals surface area contributed by atoms with Gasteiger partial charge in [-0.1, -0.05) is 36.4 Å². The van der Waals surface area contributed by atoms with Crippen molar-refractivity contribution >= 4 is 34.5 Å². The first kappa shape index (κ1) is 16.2. The van der Waals surface area contributed by atoms with E-state index in [9.17, 15) is 4.79 Å². The van der Waals surface area contributed by atoms with E-state index in [1.165, 1.54) is 5.56 Å². The van der Waals surface area contributed by atoms with Gasteiger partial charge in [-0.2, -0.15) is 5.10 Å². The molecule has 128 valence electrons. The Kier molecular flexibility index (Phi) is 4.57. The zero-order valence-electron chi connectivity index (χ0n) is 13.8. The molecule has 5 nitrogen and oxygen atoms in total. The van der Waals surface area contributed by atoms with Gasteiger partial charge in [-0.15, -0.1) is 11.3 Å². The number of fused-ring (bicyclic) bond motifs is 1. The molecule has 0 spiro atoms. The van der Waals surface area contributed by atoms with Crippen molar-refractivity contribution in [3.05, 3.63) is 87.9 Å². The van der Waals surface area contributed by atoms with Gasteiger partial charge in [0.2, 0.25) is 0 Å². The summed E-state index contributed by atoms with van der Waals surface area (Å²) in [4.78, 5) is 21.1. The Morgan fingerprint density at radius 2 is 2.04 bits per heavy atom. The van der Waals surface area contributed by atoms with Crippen LogP contribution in [0.15, 0.2) is 71.1 Å². The van der Waals surface area contributed by atoms with E-state index in [4.69, 9.17) is 0 Å². The number of hydrogen-bond acceptors (Lipinski definition) is 4. The standard InChI is InChI=1S/C20H16N4OS/c25-20(24-21-13-16-7-4-10-26-16)15-8-9-17-18(12-15)23-19(22-17)11-14-5-2-1-3-6-14/h1-10,12-13H,11H2,(H,22,23)(H,24,25)/b21-13-. The van der Waals surface area contributed by atoms with Gasteiger partial charge in [-0.05, 0) is 35.2 Å². The summed E-state index contributed by atoms with van der Waals surface area (Å²) in [6.07, 6.45) is 2.36. The molecule has 6 heteroatoms. The minimum atomic E-state index is -0.251. The number of nitrogens with one attached hydrogen (secondary N) is 2. The summed E-state index contributed by atoms with van der Waals surface area (Å²) < 4.78 is 0. The second kappa shape index (κ2) is 7.33. The SMILES string of the molecule is O=C(N/N=C\c1cccs1)c1ccc2nc(Cc3ccccc3)[nH]c2c1. The van der Waals surface area contributed by atoms with Crippen molar-refractivity contribution in [2.75, 3.05) is 0 Å². The van der Waals surface area contributed by atoms with Crippen molar-refractivity contribution in [2.45, 2.75) is 6.42 Å². The molecule has 2 aromatic carbocycles. The van der Waals surface area contributed by atoms with E-state index in [0.29, 0.717) is 5.56 Å². The third-order valence-electron chi connectivity index (χ3n) is 3.91. The normalized spacial score (nSPS) is 11.2. The van der Waals surface area contributed by atoms with Crippen molar-refractivity contribution < 1.29 is 4.79 Å². The van der Waals surface area contributed by atoms with Crippen LogP contribution < -0.4 is 5.43 Å². The van der Waals surface area contributed by atoms with Crippen LogP contribution in [0.5, 0.6) is 0 Å². The Bertz CT molecular complexity index is 1050. The van der Waals surface area contributed by atoms with Gasteiger partial charge < -0.3 is 4.98 Å². The highest BCUT2D eigenvalue weighted by atomic mass is 32.1. The van der Waals surface area contributed by atoms with Crippen LogP contribution in [0.2, 0.25) is 0 Å². The van der Waals surface area contributed by atoms with E-state index in [0.717, 1.165) is 28.2 Å². The van der Waals surface area contributed by atoms with Crippen LogP contribution in [-0.4, -0.2) is 22.1 Å². The fraction of sp³-hybridized carbons (Fsp3) is 0.0500. The van der Waals surface area contributed by atoms with Crippen molar-refractivity contribution in [3.63, 3.8) is 0 Å². The molecule has 4 rings (SSSR count). The van der Waals surface area contributed by atoms with E-state index in [2.05, 4.69) is 32.6 Å². The Morgan fingerprint density at radius 3 is 2.85 bits per heavy atom. The first-order valence-corrected chi connectivity index (χ1v) is 9.05. The first-order chi connectivity index (χ1) is 12.8. The molecule has 4 aromatic rings. The quantitative estimate of drug-likeness (QED) is 0.417. The molecule has 0 saturated carbocycles. The van der Waals surface area contributed by atoms with Crippen LogP contribution in [-0.2, 0) is 6.42 Å². The van der Waals surface area contributed by atoms with Crippen LogP contribution in [0.25, 0.3) is 11.0 Å². The van der Waals surface area contributed by atoms with Crippen LogP contribution >= 0.6 is 11.3 Å². The molecule has 0 radical (unpaired) electrons. The van der Waals surface area contributed by atoms with Gasteiger partial charge in [0, 0.05) is 16.9 Å². The number of imidazole rings is 1. The molecule has 0 fully saturated rings. The predicted octanol–water partition coefficient (Wildman–Crippen LogP) is 3.98. The number of aromatic nitrogens is 2. The molecule has 26 heavy (non-hydrogen) atoms. The average Bonchev–Trinajstić information content (AvgIpc) is 3.31. The predicted molar refractivity (Wildman–Crippen MR) is 105 cm³/mol. The number of thiophene rings is 1. The highest BCUT2D eigenvalue weighted by Crippen LogP contribution is 2.16. The minimum absolute atomic E-state index is 0.251. The van der Waals surface area contributed by atoms with Crippen molar-refractivity contribution in [1.29, 1.82) is 0 Å². The Morgan fingerprint density at radius 1 is 1.15 bits per heavy atom. The largest absolute Gasteiger partial charge is 0.342 e. The molecule has 2 aromatic heterocycles. The van der Waals surface area contributed by atoms with Gasteiger partial charge >= 0.3 is 0 Å². The van der Waals surface area contributed by atoms with Gasteiger partial charge in [0.05, 0.1) is 17.2 Å². The number of aromatic amines is 1. The van der Waals surface area contributed by atoms with Gasteiger partial charge in [0.1, 0.15) is 5.82 Å². The van der Waals surface area contributed by atoms with Gasteiger partial charge in [-0.3, -0.25) is 4.79 Å².